The third-order valence-electron chi connectivity index (χ3n) is 6.33. The zero-order valence-corrected chi connectivity index (χ0v) is 26.6. The van der Waals surface area contributed by atoms with Crippen LogP contribution in [-0.2, 0) is 6.18 Å². The number of hydrogen-bond donors (Lipinski definition) is 3. The minimum Gasteiger partial charge on any atom is -0.387 e. The number of nitrogens with one attached hydrogen (secondary N) is 2. The SMILES string of the molecule is C=NN(N)c1nc(C)c2cccc(NC3=CC=CCCC3)c2n1.CC.CNC1=CN=C(C)CC=C1.FC(F)(F)c1ccccc1. The molecular weight excluding hydrogens is 577 g/mol. The van der Waals surface area contributed by atoms with Crippen LogP contribution >= 0.6 is 0 Å². The Morgan fingerprint density at radius 3 is 2.38 bits per heavy atom. The predicted molar refractivity (Wildman–Crippen MR) is 182 cm³/mol. The molecule has 1 aliphatic carbocycles. The lowest BCUT2D eigenvalue weighted by atomic mass is 10.1. The molecule has 5 rings (SSSR count). The Labute approximate surface area is 264 Å². The van der Waals surface area contributed by atoms with Crippen molar-refractivity contribution < 1.29 is 13.2 Å². The second-order valence-corrected chi connectivity index (χ2v) is 9.60. The lowest BCUT2D eigenvalue weighted by Crippen LogP contribution is -2.26. The number of hydrogen-bond acceptors (Lipinski definition) is 8. The van der Waals surface area contributed by atoms with Gasteiger partial charge < -0.3 is 10.6 Å². The van der Waals surface area contributed by atoms with Crippen molar-refractivity contribution >= 4 is 35.0 Å². The fourth-order valence-corrected chi connectivity index (χ4v) is 4.02. The molecule has 2 aromatic carbocycles. The van der Waals surface area contributed by atoms with E-state index in [0.717, 1.165) is 76.6 Å². The summed E-state index contributed by atoms with van der Waals surface area (Å²) in [5.74, 6) is 6.08. The molecule has 8 nitrogen and oxygen atoms in total. The van der Waals surface area contributed by atoms with Gasteiger partial charge in [0.05, 0.1) is 28.2 Å². The molecule has 4 N–H and O–H groups in total. The number of aliphatic imine (C=N–C) groups is 1. The molecule has 11 heteroatoms. The number of hydrazine groups is 1. The Kier molecular flexibility index (Phi) is 15.2. The van der Waals surface area contributed by atoms with E-state index in [1.807, 2.05) is 65.2 Å². The molecule has 240 valence electrons. The molecule has 0 radical (unpaired) electrons. The lowest BCUT2D eigenvalue weighted by molar-refractivity contribution is -0.137. The molecule has 2 aliphatic rings. The Bertz CT molecular complexity index is 1520. The molecule has 0 bridgehead atoms. The van der Waals surface area contributed by atoms with Gasteiger partial charge in [0, 0.05) is 43.2 Å². The van der Waals surface area contributed by atoms with Crippen molar-refractivity contribution in [3.63, 3.8) is 0 Å². The van der Waals surface area contributed by atoms with E-state index in [1.54, 1.807) is 6.07 Å². The Hall–Kier alpha value is -4.77. The van der Waals surface area contributed by atoms with Crippen molar-refractivity contribution in [3.05, 3.63) is 108 Å². The van der Waals surface area contributed by atoms with Gasteiger partial charge >= 0.3 is 6.18 Å². The number of nitrogens with zero attached hydrogens (tertiary/aromatic N) is 5. The van der Waals surface area contributed by atoms with E-state index in [1.165, 1.54) is 17.8 Å². The number of aromatic nitrogens is 2. The number of benzene rings is 2. The maximum Gasteiger partial charge on any atom is 0.416 e. The average molecular weight is 621 g/mol. The number of rotatable bonds is 5. The molecule has 45 heavy (non-hydrogen) atoms. The molecule has 0 spiro atoms. The number of allylic oxidation sites excluding steroid dienone is 6. The van der Waals surface area contributed by atoms with Gasteiger partial charge in [0.2, 0.25) is 0 Å². The summed E-state index contributed by atoms with van der Waals surface area (Å²) in [5, 5.41) is 12.2. The smallest absolute Gasteiger partial charge is 0.387 e. The summed E-state index contributed by atoms with van der Waals surface area (Å²) in [6.45, 7) is 11.4. The lowest BCUT2D eigenvalue weighted by Gasteiger charge is -2.15. The molecular formula is C34H43F3N8. The van der Waals surface area contributed by atoms with Crippen molar-refractivity contribution in [3.8, 4) is 0 Å². The largest absolute Gasteiger partial charge is 0.416 e. The maximum atomic E-state index is 11.8. The molecule has 0 amide bonds. The first-order valence-electron chi connectivity index (χ1n) is 14.7. The zero-order valence-electron chi connectivity index (χ0n) is 26.6. The number of hydrazone groups is 1. The van der Waals surface area contributed by atoms with E-state index < -0.39 is 11.7 Å². The number of likely N-dealkylation sites (N-methyl/N-ethyl adjacent to an activating group) is 1. The first-order chi connectivity index (χ1) is 21.6. The Morgan fingerprint density at radius 1 is 1.00 bits per heavy atom. The molecule has 0 fully saturated rings. The van der Waals surface area contributed by atoms with Crippen LogP contribution in [0.3, 0.4) is 0 Å². The van der Waals surface area contributed by atoms with Crippen molar-refractivity contribution in [2.45, 2.75) is 59.6 Å². The molecule has 0 unspecified atom stereocenters. The number of anilines is 2. The van der Waals surface area contributed by atoms with Crippen LogP contribution in [0.4, 0.5) is 24.8 Å². The highest BCUT2D eigenvalue weighted by molar-refractivity contribution is 5.93. The Morgan fingerprint density at radius 2 is 1.73 bits per heavy atom. The fourth-order valence-electron chi connectivity index (χ4n) is 4.02. The van der Waals surface area contributed by atoms with Crippen molar-refractivity contribution in [2.75, 3.05) is 17.5 Å². The van der Waals surface area contributed by atoms with Crippen molar-refractivity contribution in [1.29, 1.82) is 0 Å². The van der Waals surface area contributed by atoms with Crippen LogP contribution in [0, 0.1) is 6.92 Å². The van der Waals surface area contributed by atoms with Gasteiger partial charge in [0.1, 0.15) is 0 Å². The highest BCUT2D eigenvalue weighted by Gasteiger charge is 2.29. The minimum absolute atomic E-state index is 0.328. The first kappa shape index (κ1) is 36.4. The molecule has 0 saturated carbocycles. The van der Waals surface area contributed by atoms with Crippen LogP contribution in [0.5, 0.6) is 0 Å². The van der Waals surface area contributed by atoms with E-state index >= 15 is 0 Å². The van der Waals surface area contributed by atoms with Gasteiger partial charge in [0.25, 0.3) is 5.95 Å². The number of alkyl halides is 3. The van der Waals surface area contributed by atoms with Crippen LogP contribution in [0.1, 0.15) is 57.7 Å². The molecule has 0 saturated heterocycles. The summed E-state index contributed by atoms with van der Waals surface area (Å²) in [7, 11) is 1.90. The summed E-state index contributed by atoms with van der Waals surface area (Å²) >= 11 is 0. The third-order valence-corrected chi connectivity index (χ3v) is 6.33. The standard InChI is InChI=1S/C17H20N6.C8H12N2.C7H5F3.C2H6/c1-12-14-10-7-11-15(21-13-8-5-3-4-6-9-13)16(14)22-17(20-12)23(18)19-2;1-7-4-3-5-8(9-2)6-10-7;8-7(9,10)6-4-2-1-3-5-6;1-2/h3,5,7-8,10-11,21H,2,4,6,9,18H2,1H3;3,5-6,9H,4H2,1-2H3;1-5H;1-2H3. The number of halogens is 3. The summed E-state index contributed by atoms with van der Waals surface area (Å²) in [5.41, 5.74) is 5.41. The molecule has 0 atom stereocenters. The van der Waals surface area contributed by atoms with E-state index in [9.17, 15) is 13.2 Å². The molecule has 3 aromatic rings. The third kappa shape index (κ3) is 12.0. The van der Waals surface area contributed by atoms with Crippen LogP contribution in [0.2, 0.25) is 0 Å². The molecule has 1 aliphatic heterocycles. The zero-order chi connectivity index (χ0) is 33.2. The van der Waals surface area contributed by atoms with Gasteiger partial charge in [-0.3, -0.25) is 4.99 Å². The van der Waals surface area contributed by atoms with Gasteiger partial charge in [-0.2, -0.15) is 23.4 Å². The number of para-hydroxylation sites is 1. The van der Waals surface area contributed by atoms with Gasteiger partial charge in [-0.25, -0.2) is 15.8 Å². The van der Waals surface area contributed by atoms with Crippen molar-refractivity contribution in [2.24, 2.45) is 15.9 Å². The topological polar surface area (TPSA) is 104 Å². The van der Waals surface area contributed by atoms with Crippen LogP contribution < -0.4 is 21.6 Å². The first-order valence-corrected chi connectivity index (χ1v) is 14.7. The molecule has 2 heterocycles. The summed E-state index contributed by atoms with van der Waals surface area (Å²) in [4.78, 5) is 13.1. The maximum absolute atomic E-state index is 11.8. The number of nitrogens with two attached hydrogens (primary N) is 1. The molecule has 1 aromatic heterocycles. The van der Waals surface area contributed by atoms with E-state index in [-0.39, 0.29) is 0 Å². The van der Waals surface area contributed by atoms with Crippen LogP contribution in [0.25, 0.3) is 10.9 Å². The summed E-state index contributed by atoms with van der Waals surface area (Å²) in [6, 6.07) is 12.4. The Balaban J connectivity index is 0.000000265. The van der Waals surface area contributed by atoms with Gasteiger partial charge in [-0.05, 0) is 51.3 Å². The summed E-state index contributed by atoms with van der Waals surface area (Å²) < 4.78 is 35.4. The minimum atomic E-state index is -4.21. The van der Waals surface area contributed by atoms with Gasteiger partial charge in [0.15, 0.2) is 0 Å². The second-order valence-electron chi connectivity index (χ2n) is 9.60. The van der Waals surface area contributed by atoms with Gasteiger partial charge in [-0.1, -0.05) is 74.5 Å². The van der Waals surface area contributed by atoms with E-state index in [2.05, 4.69) is 61.7 Å². The monoisotopic (exact) mass is 620 g/mol. The quantitative estimate of drug-likeness (QED) is 0.150. The second kappa shape index (κ2) is 18.8. The van der Waals surface area contributed by atoms with E-state index in [0.29, 0.717) is 5.95 Å². The van der Waals surface area contributed by atoms with E-state index in [4.69, 9.17) is 5.84 Å². The van der Waals surface area contributed by atoms with Crippen molar-refractivity contribution in [1.82, 2.24) is 15.3 Å². The highest BCUT2D eigenvalue weighted by atomic mass is 19.4. The van der Waals surface area contributed by atoms with Crippen LogP contribution in [-0.4, -0.2) is 29.4 Å². The predicted octanol–water partition coefficient (Wildman–Crippen LogP) is 8.47. The normalized spacial score (nSPS) is 13.8. The highest BCUT2D eigenvalue weighted by Crippen LogP contribution is 2.29. The average Bonchev–Trinajstić information content (AvgIpc) is 3.45. The number of fused-ring (bicyclic) bond motifs is 1. The number of aryl methyl sites for hydroxylation is 1. The van der Waals surface area contributed by atoms with Crippen LogP contribution in [0.15, 0.2) is 107 Å². The fraction of sp³-hybridized carbons (Fsp3) is 0.294. The summed E-state index contributed by atoms with van der Waals surface area (Å²) in [6.07, 6.45) is 12.4. The van der Waals surface area contributed by atoms with Gasteiger partial charge in [-0.15, -0.1) is 0 Å².